The molecule has 0 saturated heterocycles. The summed E-state index contributed by atoms with van der Waals surface area (Å²) in [5, 5.41) is 29.9. The number of aromatic nitrogens is 3. The molecule has 0 aliphatic rings. The van der Waals surface area contributed by atoms with Gasteiger partial charge in [-0.05, 0) is 58.1 Å². The molecule has 2 aromatic carbocycles. The Morgan fingerprint density at radius 3 is 2.72 bits per heavy atom. The van der Waals surface area contributed by atoms with Crippen molar-refractivity contribution in [3.8, 4) is 5.75 Å². The van der Waals surface area contributed by atoms with Gasteiger partial charge < -0.3 is 14.9 Å². The number of carboxylic acids is 1. The molecule has 2 N–H and O–H groups in total. The number of ether oxygens (including phenoxy) is 1. The Bertz CT molecular complexity index is 1330. The van der Waals surface area contributed by atoms with Crippen molar-refractivity contribution in [3.05, 3.63) is 51.9 Å². The Morgan fingerprint density at radius 1 is 1.31 bits per heavy atom. The summed E-state index contributed by atoms with van der Waals surface area (Å²) >= 11 is 1.44. The fourth-order valence-corrected chi connectivity index (χ4v) is 4.88. The molecular formula is C21H18F3N3O4S. The van der Waals surface area contributed by atoms with Crippen molar-refractivity contribution < 1.29 is 32.9 Å². The van der Waals surface area contributed by atoms with E-state index in [9.17, 15) is 28.2 Å². The van der Waals surface area contributed by atoms with E-state index in [1.807, 2.05) is 11.4 Å². The highest BCUT2D eigenvalue weighted by Gasteiger charge is 2.34. The minimum atomic E-state index is -4.95. The van der Waals surface area contributed by atoms with E-state index in [2.05, 4.69) is 15.0 Å². The Hall–Kier alpha value is -3.18. The molecule has 7 nitrogen and oxygen atoms in total. The minimum Gasteiger partial charge on any atom is -0.481 e. The van der Waals surface area contributed by atoms with Gasteiger partial charge in [-0.15, -0.1) is 29.6 Å². The smallest absolute Gasteiger partial charge is 0.481 e. The third-order valence-corrected chi connectivity index (χ3v) is 6.34. The van der Waals surface area contributed by atoms with Gasteiger partial charge in [-0.25, -0.2) is 4.68 Å². The molecule has 1 atom stereocenters. The second kappa shape index (κ2) is 8.06. The molecule has 0 fully saturated rings. The molecule has 0 aliphatic heterocycles. The first-order valence-corrected chi connectivity index (χ1v) is 10.4. The van der Waals surface area contributed by atoms with Crippen LogP contribution in [0.25, 0.3) is 21.1 Å². The SMILES string of the molecule is Cc1c([C@@H](CC(=O)O)c2cc(CO)c3sccc3c2)cc(OC(F)(F)F)c2c1nnn2C. The number of aryl methyl sites for hydroxylation is 2. The highest BCUT2D eigenvalue weighted by atomic mass is 32.1. The first-order chi connectivity index (χ1) is 15.1. The van der Waals surface area contributed by atoms with Crippen LogP contribution in [-0.4, -0.2) is 37.5 Å². The van der Waals surface area contributed by atoms with E-state index in [-0.39, 0.29) is 24.1 Å². The van der Waals surface area contributed by atoms with Crippen molar-refractivity contribution in [3.63, 3.8) is 0 Å². The van der Waals surface area contributed by atoms with E-state index in [1.165, 1.54) is 29.1 Å². The van der Waals surface area contributed by atoms with E-state index < -0.39 is 24.0 Å². The number of hydrogen-bond acceptors (Lipinski definition) is 6. The number of alkyl halides is 3. The summed E-state index contributed by atoms with van der Waals surface area (Å²) in [5.41, 5.74) is 2.27. The number of benzene rings is 2. The average molecular weight is 465 g/mol. The van der Waals surface area contributed by atoms with Crippen molar-refractivity contribution in [1.82, 2.24) is 15.0 Å². The minimum absolute atomic E-state index is 0.0574. The van der Waals surface area contributed by atoms with E-state index in [1.54, 1.807) is 19.1 Å². The largest absolute Gasteiger partial charge is 0.573 e. The fourth-order valence-electron chi connectivity index (χ4n) is 3.99. The van der Waals surface area contributed by atoms with E-state index in [0.29, 0.717) is 22.3 Å². The highest BCUT2D eigenvalue weighted by molar-refractivity contribution is 7.17. The Kier molecular flexibility index (Phi) is 5.55. The zero-order valence-electron chi connectivity index (χ0n) is 17.0. The van der Waals surface area contributed by atoms with Crippen LogP contribution in [0.3, 0.4) is 0 Å². The van der Waals surface area contributed by atoms with E-state index >= 15 is 0 Å². The predicted molar refractivity (Wildman–Crippen MR) is 112 cm³/mol. The zero-order chi connectivity index (χ0) is 23.2. The van der Waals surface area contributed by atoms with Crippen LogP contribution in [-0.2, 0) is 18.4 Å². The predicted octanol–water partition coefficient (Wildman–Crippen LogP) is 4.49. The Balaban J connectivity index is 1.97. The average Bonchev–Trinajstić information content (AvgIpc) is 3.33. The number of carbonyl (C=O) groups is 1. The molecule has 0 radical (unpaired) electrons. The van der Waals surface area contributed by atoms with Gasteiger partial charge in [-0.1, -0.05) is 11.3 Å². The van der Waals surface area contributed by atoms with Crippen LogP contribution >= 0.6 is 11.3 Å². The highest BCUT2D eigenvalue weighted by Crippen LogP contribution is 2.41. The van der Waals surface area contributed by atoms with Gasteiger partial charge in [0.1, 0.15) is 11.0 Å². The molecule has 0 unspecified atom stereocenters. The molecule has 0 saturated carbocycles. The molecule has 11 heteroatoms. The maximum Gasteiger partial charge on any atom is 0.573 e. The van der Waals surface area contributed by atoms with Crippen LogP contribution < -0.4 is 4.74 Å². The first-order valence-electron chi connectivity index (χ1n) is 9.50. The normalized spacial score (nSPS) is 13.1. The Labute approximate surface area is 183 Å². The van der Waals surface area contributed by atoms with Gasteiger partial charge in [0.15, 0.2) is 5.75 Å². The summed E-state index contributed by atoms with van der Waals surface area (Å²) in [6, 6.07) is 6.54. The molecule has 0 bridgehead atoms. The maximum atomic E-state index is 13.1. The molecule has 0 amide bonds. The fraction of sp³-hybridized carbons (Fsp3) is 0.286. The number of hydrogen-bond donors (Lipinski definition) is 2. The number of aliphatic carboxylic acids is 1. The number of rotatable bonds is 6. The van der Waals surface area contributed by atoms with Gasteiger partial charge in [0, 0.05) is 17.7 Å². The van der Waals surface area contributed by atoms with Gasteiger partial charge in [0.25, 0.3) is 0 Å². The van der Waals surface area contributed by atoms with Crippen LogP contribution in [0.2, 0.25) is 0 Å². The van der Waals surface area contributed by atoms with E-state index in [4.69, 9.17) is 0 Å². The second-order valence-corrected chi connectivity index (χ2v) is 8.29. The molecule has 2 heterocycles. The third-order valence-electron chi connectivity index (χ3n) is 5.34. The number of aliphatic hydroxyl groups is 1. The number of fused-ring (bicyclic) bond motifs is 2. The Morgan fingerprint density at radius 2 is 2.06 bits per heavy atom. The number of thiophene rings is 1. The van der Waals surface area contributed by atoms with Crippen molar-refractivity contribution in [1.29, 1.82) is 0 Å². The maximum absolute atomic E-state index is 13.1. The van der Waals surface area contributed by atoms with Gasteiger partial charge in [-0.2, -0.15) is 0 Å². The number of nitrogens with zero attached hydrogens (tertiary/aromatic N) is 3. The molecule has 168 valence electrons. The van der Waals surface area contributed by atoms with Crippen LogP contribution in [0.5, 0.6) is 5.75 Å². The summed E-state index contributed by atoms with van der Waals surface area (Å²) in [5.74, 6) is -2.43. The quantitative estimate of drug-likeness (QED) is 0.436. The summed E-state index contributed by atoms with van der Waals surface area (Å²) in [7, 11) is 1.45. The second-order valence-electron chi connectivity index (χ2n) is 7.37. The zero-order valence-corrected chi connectivity index (χ0v) is 17.8. The van der Waals surface area contributed by atoms with Gasteiger partial charge in [0.2, 0.25) is 0 Å². The lowest BCUT2D eigenvalue weighted by Gasteiger charge is -2.21. The van der Waals surface area contributed by atoms with Crippen LogP contribution in [0.1, 0.15) is 34.6 Å². The van der Waals surface area contributed by atoms with Crippen LogP contribution in [0.4, 0.5) is 13.2 Å². The molecule has 4 aromatic rings. The summed E-state index contributed by atoms with van der Waals surface area (Å²) in [6.07, 6.45) is -5.33. The topological polar surface area (TPSA) is 97.5 Å². The van der Waals surface area contributed by atoms with Crippen LogP contribution in [0.15, 0.2) is 29.6 Å². The lowest BCUT2D eigenvalue weighted by molar-refractivity contribution is -0.274. The van der Waals surface area contributed by atoms with Gasteiger partial charge in [-0.3, -0.25) is 4.79 Å². The van der Waals surface area contributed by atoms with Crippen molar-refractivity contribution >= 4 is 38.4 Å². The van der Waals surface area contributed by atoms with Crippen LogP contribution in [0, 0.1) is 6.92 Å². The van der Waals surface area contributed by atoms with Gasteiger partial charge >= 0.3 is 12.3 Å². The molecular weight excluding hydrogens is 447 g/mol. The third kappa shape index (κ3) is 4.00. The summed E-state index contributed by atoms with van der Waals surface area (Å²) in [4.78, 5) is 11.7. The number of aliphatic hydroxyl groups excluding tert-OH is 1. The van der Waals surface area contributed by atoms with E-state index in [0.717, 1.165) is 10.1 Å². The molecule has 0 aliphatic carbocycles. The van der Waals surface area contributed by atoms with Gasteiger partial charge in [0.05, 0.1) is 13.0 Å². The number of halogens is 3. The van der Waals surface area contributed by atoms with Crippen molar-refractivity contribution in [2.75, 3.05) is 0 Å². The molecule has 32 heavy (non-hydrogen) atoms. The molecule has 0 spiro atoms. The number of carboxylic acid groups (broad SMARTS) is 1. The first kappa shape index (κ1) is 22.0. The summed E-state index contributed by atoms with van der Waals surface area (Å²) < 4.78 is 45.7. The lowest BCUT2D eigenvalue weighted by atomic mass is 9.84. The molecule has 4 rings (SSSR count). The summed E-state index contributed by atoms with van der Waals surface area (Å²) in [6.45, 7) is 1.41. The standard InChI is InChI=1S/C21H18F3N3O4S/c1-10-14(7-16(31-21(22,23)24)19-18(10)25-26-27(19)2)15(8-17(29)30)12-5-11-3-4-32-20(11)13(6-12)9-28/h3-7,15,28H,8-9H2,1-2H3,(H,29,30)/t15-/m0/s1. The lowest BCUT2D eigenvalue weighted by Crippen LogP contribution is -2.18. The van der Waals surface area contributed by atoms with Crippen molar-refractivity contribution in [2.45, 2.75) is 32.2 Å². The monoisotopic (exact) mass is 465 g/mol. The van der Waals surface area contributed by atoms with Crippen molar-refractivity contribution in [2.24, 2.45) is 7.05 Å². The molecule has 2 aromatic heterocycles.